The molecule has 7 heteroatoms. The van der Waals surface area contributed by atoms with Gasteiger partial charge in [-0.2, -0.15) is 11.3 Å². The molecule has 0 spiro atoms. The quantitative estimate of drug-likeness (QED) is 0.294. The fourth-order valence-electron chi connectivity index (χ4n) is 2.02. The van der Waals surface area contributed by atoms with E-state index in [0.717, 1.165) is 5.39 Å². The van der Waals surface area contributed by atoms with E-state index in [0.29, 0.717) is 5.39 Å². The van der Waals surface area contributed by atoms with E-state index in [1.165, 1.54) is 23.5 Å². The number of thiophene rings is 1. The SMILES string of the molecule is Fc1c(F)c(F)c(-c2cc3cscc3cc2Cl)c(F)c1F. The van der Waals surface area contributed by atoms with E-state index >= 15 is 0 Å². The smallest absolute Gasteiger partial charge is 0.200 e. The Morgan fingerprint density at radius 2 is 1.19 bits per heavy atom. The maximum Gasteiger partial charge on any atom is 0.200 e. The Hall–Kier alpha value is -1.66. The number of benzene rings is 2. The van der Waals surface area contributed by atoms with Gasteiger partial charge in [0.15, 0.2) is 23.3 Å². The highest BCUT2D eigenvalue weighted by Crippen LogP contribution is 2.38. The van der Waals surface area contributed by atoms with E-state index in [1.54, 1.807) is 10.8 Å². The molecule has 0 radical (unpaired) electrons. The summed E-state index contributed by atoms with van der Waals surface area (Å²) in [7, 11) is 0. The molecule has 3 aromatic rings. The minimum absolute atomic E-state index is 0.0934. The zero-order valence-electron chi connectivity index (χ0n) is 9.99. The Labute approximate surface area is 124 Å². The fraction of sp³-hybridized carbons (Fsp3) is 0. The number of hydrogen-bond acceptors (Lipinski definition) is 1. The lowest BCUT2D eigenvalue weighted by Crippen LogP contribution is -2.04. The van der Waals surface area contributed by atoms with Gasteiger partial charge in [0.2, 0.25) is 5.82 Å². The Morgan fingerprint density at radius 1 is 0.714 bits per heavy atom. The molecule has 21 heavy (non-hydrogen) atoms. The average molecular weight is 335 g/mol. The number of hydrogen-bond donors (Lipinski definition) is 0. The van der Waals surface area contributed by atoms with Gasteiger partial charge in [0.05, 0.1) is 5.56 Å². The predicted molar refractivity (Wildman–Crippen MR) is 72.1 cm³/mol. The first-order chi connectivity index (χ1) is 9.91. The van der Waals surface area contributed by atoms with Gasteiger partial charge < -0.3 is 0 Å². The summed E-state index contributed by atoms with van der Waals surface area (Å²) in [5.74, 6) is -9.98. The van der Waals surface area contributed by atoms with Gasteiger partial charge >= 0.3 is 0 Å². The molecule has 1 heterocycles. The van der Waals surface area contributed by atoms with E-state index in [-0.39, 0.29) is 10.6 Å². The Kier molecular flexibility index (Phi) is 3.37. The molecule has 0 fully saturated rings. The minimum atomic E-state index is -2.19. The molecule has 0 saturated carbocycles. The highest BCUT2D eigenvalue weighted by molar-refractivity contribution is 7.09. The summed E-state index contributed by atoms with van der Waals surface area (Å²) in [6, 6.07) is 2.72. The summed E-state index contributed by atoms with van der Waals surface area (Å²) in [6.45, 7) is 0. The van der Waals surface area contributed by atoms with Crippen LogP contribution >= 0.6 is 22.9 Å². The highest BCUT2D eigenvalue weighted by atomic mass is 35.5. The lowest BCUT2D eigenvalue weighted by Gasteiger charge is -2.10. The molecule has 0 amide bonds. The van der Waals surface area contributed by atoms with Crippen molar-refractivity contribution < 1.29 is 22.0 Å². The lowest BCUT2D eigenvalue weighted by molar-refractivity contribution is 0.381. The van der Waals surface area contributed by atoms with Gasteiger partial charge in [0.1, 0.15) is 0 Å². The van der Waals surface area contributed by atoms with Crippen LogP contribution in [0.15, 0.2) is 22.9 Å². The first-order valence-electron chi connectivity index (χ1n) is 5.59. The molecule has 0 atom stereocenters. The van der Waals surface area contributed by atoms with Gasteiger partial charge in [-0.15, -0.1) is 0 Å². The molecular formula is C14H4ClF5S. The molecule has 0 aliphatic heterocycles. The second-order valence-electron chi connectivity index (χ2n) is 4.28. The molecule has 3 rings (SSSR count). The van der Waals surface area contributed by atoms with Gasteiger partial charge in [0, 0.05) is 10.6 Å². The minimum Gasteiger partial charge on any atom is -0.203 e. The van der Waals surface area contributed by atoms with Crippen molar-refractivity contribution in [3.63, 3.8) is 0 Å². The fourth-order valence-corrected chi connectivity index (χ4v) is 3.06. The van der Waals surface area contributed by atoms with Gasteiger partial charge in [-0.1, -0.05) is 11.6 Å². The zero-order chi connectivity index (χ0) is 15.3. The average Bonchev–Trinajstić information content (AvgIpc) is 2.90. The Morgan fingerprint density at radius 3 is 1.76 bits per heavy atom. The first-order valence-corrected chi connectivity index (χ1v) is 6.91. The molecule has 0 saturated heterocycles. The molecule has 0 unspecified atom stereocenters. The van der Waals surface area contributed by atoms with Crippen molar-refractivity contribution >= 4 is 33.7 Å². The third kappa shape index (κ3) is 2.10. The van der Waals surface area contributed by atoms with Gasteiger partial charge in [-0.05, 0) is 33.7 Å². The standard InChI is InChI=1S/C14H4ClF5S/c15-8-2-6-4-21-3-5(6)1-7(8)9-10(16)12(18)14(20)13(19)11(9)17/h1-4H. The van der Waals surface area contributed by atoms with Crippen LogP contribution in [0.4, 0.5) is 22.0 Å². The van der Waals surface area contributed by atoms with Gasteiger partial charge in [0.25, 0.3) is 0 Å². The number of halogens is 6. The Bertz CT molecular complexity index is 842. The molecule has 0 bridgehead atoms. The normalized spacial score (nSPS) is 11.3. The van der Waals surface area contributed by atoms with Crippen LogP contribution < -0.4 is 0 Å². The van der Waals surface area contributed by atoms with Gasteiger partial charge in [-0.3, -0.25) is 0 Å². The summed E-state index contributed by atoms with van der Waals surface area (Å²) < 4.78 is 67.2. The zero-order valence-corrected chi connectivity index (χ0v) is 11.6. The van der Waals surface area contributed by atoms with Crippen molar-refractivity contribution in [3.05, 3.63) is 57.0 Å². The van der Waals surface area contributed by atoms with Crippen LogP contribution in [-0.2, 0) is 0 Å². The van der Waals surface area contributed by atoms with Gasteiger partial charge in [-0.25, -0.2) is 22.0 Å². The summed E-state index contributed by atoms with van der Waals surface area (Å²) in [4.78, 5) is 0. The molecule has 0 nitrogen and oxygen atoms in total. The molecule has 2 aromatic carbocycles. The molecular weight excluding hydrogens is 331 g/mol. The number of fused-ring (bicyclic) bond motifs is 1. The molecule has 108 valence electrons. The third-order valence-corrected chi connectivity index (χ3v) is 4.13. The van der Waals surface area contributed by atoms with E-state index in [2.05, 4.69) is 0 Å². The maximum absolute atomic E-state index is 13.8. The van der Waals surface area contributed by atoms with Crippen LogP contribution in [0.25, 0.3) is 21.9 Å². The largest absolute Gasteiger partial charge is 0.203 e. The van der Waals surface area contributed by atoms with Crippen LogP contribution in [0.1, 0.15) is 0 Å². The van der Waals surface area contributed by atoms with Crippen LogP contribution in [0.2, 0.25) is 5.02 Å². The topological polar surface area (TPSA) is 0 Å². The van der Waals surface area contributed by atoms with Crippen molar-refractivity contribution in [1.82, 2.24) is 0 Å². The van der Waals surface area contributed by atoms with Crippen LogP contribution in [0, 0.1) is 29.1 Å². The molecule has 0 aliphatic rings. The second kappa shape index (κ2) is 4.96. The maximum atomic E-state index is 13.8. The van der Waals surface area contributed by atoms with Crippen molar-refractivity contribution in [2.24, 2.45) is 0 Å². The molecule has 1 aromatic heterocycles. The summed E-state index contributed by atoms with van der Waals surface area (Å²) in [5.41, 5.74) is -1.26. The van der Waals surface area contributed by atoms with Crippen LogP contribution in [-0.4, -0.2) is 0 Å². The van der Waals surface area contributed by atoms with E-state index in [4.69, 9.17) is 11.6 Å². The molecule has 0 aliphatic carbocycles. The van der Waals surface area contributed by atoms with E-state index in [1.807, 2.05) is 0 Å². The van der Waals surface area contributed by atoms with Crippen molar-refractivity contribution in [2.75, 3.05) is 0 Å². The van der Waals surface area contributed by atoms with Crippen molar-refractivity contribution in [2.45, 2.75) is 0 Å². The predicted octanol–water partition coefficient (Wildman–Crippen LogP) is 5.92. The van der Waals surface area contributed by atoms with E-state index < -0.39 is 34.6 Å². The summed E-state index contributed by atoms with van der Waals surface area (Å²) >= 11 is 7.24. The van der Waals surface area contributed by atoms with Crippen LogP contribution in [0.5, 0.6) is 0 Å². The summed E-state index contributed by atoms with van der Waals surface area (Å²) in [6.07, 6.45) is 0. The van der Waals surface area contributed by atoms with Crippen LogP contribution in [0.3, 0.4) is 0 Å². The monoisotopic (exact) mass is 334 g/mol. The van der Waals surface area contributed by atoms with E-state index in [9.17, 15) is 22.0 Å². The number of rotatable bonds is 1. The van der Waals surface area contributed by atoms with Crippen molar-refractivity contribution in [1.29, 1.82) is 0 Å². The first kappa shape index (κ1) is 14.3. The highest BCUT2D eigenvalue weighted by Gasteiger charge is 2.27. The summed E-state index contributed by atoms with van der Waals surface area (Å²) in [5, 5.41) is 4.66. The lowest BCUT2D eigenvalue weighted by atomic mass is 10.0. The second-order valence-corrected chi connectivity index (χ2v) is 5.43. The third-order valence-electron chi connectivity index (χ3n) is 3.04. The Balaban J connectivity index is 2.40. The molecule has 0 N–H and O–H groups in total. The van der Waals surface area contributed by atoms with Crippen molar-refractivity contribution in [3.8, 4) is 11.1 Å².